The molecule has 98 valence electrons. The highest BCUT2D eigenvalue weighted by molar-refractivity contribution is 5.53. The molecule has 0 bridgehead atoms. The van der Waals surface area contributed by atoms with E-state index in [-0.39, 0.29) is 0 Å². The molecule has 1 aliphatic heterocycles. The van der Waals surface area contributed by atoms with Gasteiger partial charge in [0.25, 0.3) is 0 Å². The summed E-state index contributed by atoms with van der Waals surface area (Å²) in [4.78, 5) is 4.53. The van der Waals surface area contributed by atoms with Crippen LogP contribution in [0.3, 0.4) is 0 Å². The Labute approximate surface area is 110 Å². The number of aromatic nitrogens is 1. The van der Waals surface area contributed by atoms with Gasteiger partial charge in [0.05, 0.1) is 18.6 Å². The molecule has 2 heterocycles. The predicted molar refractivity (Wildman–Crippen MR) is 75.5 cm³/mol. The van der Waals surface area contributed by atoms with Gasteiger partial charge in [-0.2, -0.15) is 0 Å². The monoisotopic (exact) mass is 245 g/mol. The van der Waals surface area contributed by atoms with Crippen LogP contribution in [0.15, 0.2) is 18.5 Å². The molecule has 0 amide bonds. The van der Waals surface area contributed by atoms with E-state index >= 15 is 0 Å². The molecule has 0 fully saturated rings. The molecule has 2 nitrogen and oxygen atoms in total. The van der Waals surface area contributed by atoms with Crippen LogP contribution in [-0.4, -0.2) is 11.6 Å². The van der Waals surface area contributed by atoms with Gasteiger partial charge in [0, 0.05) is 6.20 Å². The number of rotatable bonds is 2. The first kappa shape index (κ1) is 13.1. The number of ether oxygens (including phenoxy) is 1. The number of fused-ring (bicyclic) bond motifs is 1. The molecule has 1 atom stereocenters. The van der Waals surface area contributed by atoms with E-state index in [0.717, 1.165) is 18.7 Å². The Balaban J connectivity index is 2.58. The normalized spacial score (nSPS) is 21.1. The molecule has 2 heteroatoms. The summed E-state index contributed by atoms with van der Waals surface area (Å²) in [6.07, 6.45) is 6.78. The molecule has 0 saturated carbocycles. The Morgan fingerprint density at radius 1 is 1.28 bits per heavy atom. The van der Waals surface area contributed by atoms with Gasteiger partial charge in [0.1, 0.15) is 0 Å². The molecular formula is C16H23NO. The van der Waals surface area contributed by atoms with Crippen molar-refractivity contribution in [3.05, 3.63) is 35.3 Å². The third kappa shape index (κ3) is 2.58. The summed E-state index contributed by atoms with van der Waals surface area (Å²) in [7, 11) is 0. The van der Waals surface area contributed by atoms with Crippen molar-refractivity contribution in [2.45, 2.75) is 46.0 Å². The van der Waals surface area contributed by atoms with E-state index in [9.17, 15) is 0 Å². The fraction of sp³-hybridized carbons (Fsp3) is 0.562. The summed E-state index contributed by atoms with van der Waals surface area (Å²) < 4.78 is 5.49. The van der Waals surface area contributed by atoms with Gasteiger partial charge in [-0.15, -0.1) is 0 Å². The molecule has 1 aromatic heterocycles. The molecule has 0 radical (unpaired) electrons. The maximum atomic E-state index is 5.49. The first-order valence-electron chi connectivity index (χ1n) is 6.88. The van der Waals surface area contributed by atoms with E-state index in [1.165, 1.54) is 11.1 Å². The lowest BCUT2D eigenvalue weighted by Crippen LogP contribution is -2.16. The van der Waals surface area contributed by atoms with Crippen molar-refractivity contribution in [3.63, 3.8) is 0 Å². The van der Waals surface area contributed by atoms with E-state index in [2.05, 4.69) is 38.7 Å². The van der Waals surface area contributed by atoms with E-state index in [1.54, 1.807) is 6.26 Å². The van der Waals surface area contributed by atoms with Crippen molar-refractivity contribution in [2.75, 3.05) is 6.61 Å². The summed E-state index contributed by atoms with van der Waals surface area (Å²) in [5.41, 5.74) is 3.95. The standard InChI is InChI=1S/C16H23NO/c1-11(2)13-5-8-17-15-7-10-18-9-6-14(12(3)4)16(13)15/h5,7-8,10-12,14H,6,9H2,1-4H3/b10-7-. The van der Waals surface area contributed by atoms with Crippen LogP contribution in [0.5, 0.6) is 0 Å². The summed E-state index contributed by atoms with van der Waals surface area (Å²) in [5, 5.41) is 0. The minimum absolute atomic E-state index is 0.538. The van der Waals surface area contributed by atoms with E-state index < -0.39 is 0 Å². The third-order valence-electron chi connectivity index (χ3n) is 3.72. The third-order valence-corrected chi connectivity index (χ3v) is 3.72. The number of hydrogen-bond donors (Lipinski definition) is 0. The van der Waals surface area contributed by atoms with Crippen molar-refractivity contribution in [1.82, 2.24) is 4.98 Å². The van der Waals surface area contributed by atoms with Gasteiger partial charge >= 0.3 is 0 Å². The van der Waals surface area contributed by atoms with Gasteiger partial charge in [0.15, 0.2) is 0 Å². The van der Waals surface area contributed by atoms with Gasteiger partial charge in [-0.1, -0.05) is 27.7 Å². The van der Waals surface area contributed by atoms with Crippen LogP contribution in [-0.2, 0) is 4.74 Å². The highest BCUT2D eigenvalue weighted by Gasteiger charge is 2.24. The Kier molecular flexibility index (Phi) is 4.05. The molecule has 0 saturated heterocycles. The highest BCUT2D eigenvalue weighted by atomic mass is 16.5. The predicted octanol–water partition coefficient (Wildman–Crippen LogP) is 4.34. The lowest BCUT2D eigenvalue weighted by Gasteiger charge is -2.27. The fourth-order valence-electron chi connectivity index (χ4n) is 2.73. The molecule has 1 aromatic rings. The zero-order valence-corrected chi connectivity index (χ0v) is 11.8. The van der Waals surface area contributed by atoms with Gasteiger partial charge < -0.3 is 4.74 Å². The molecular weight excluding hydrogens is 222 g/mol. The Hall–Kier alpha value is -1.31. The van der Waals surface area contributed by atoms with Crippen LogP contribution >= 0.6 is 0 Å². The molecule has 1 aliphatic rings. The minimum atomic E-state index is 0.538. The van der Waals surface area contributed by atoms with Crippen molar-refractivity contribution in [1.29, 1.82) is 0 Å². The second-order valence-corrected chi connectivity index (χ2v) is 5.67. The van der Waals surface area contributed by atoms with Crippen LogP contribution in [0.2, 0.25) is 0 Å². The molecule has 1 unspecified atom stereocenters. The smallest absolute Gasteiger partial charge is 0.0879 e. The maximum Gasteiger partial charge on any atom is 0.0879 e. The summed E-state index contributed by atoms with van der Waals surface area (Å²) in [6.45, 7) is 9.89. The summed E-state index contributed by atoms with van der Waals surface area (Å²) in [6, 6.07) is 2.18. The van der Waals surface area contributed by atoms with Crippen molar-refractivity contribution >= 4 is 6.08 Å². The molecule has 18 heavy (non-hydrogen) atoms. The van der Waals surface area contributed by atoms with Crippen LogP contribution in [0.1, 0.15) is 62.8 Å². The molecule has 2 rings (SSSR count). The number of pyridine rings is 1. The lowest BCUT2D eigenvalue weighted by atomic mass is 9.80. The molecule has 0 N–H and O–H groups in total. The van der Waals surface area contributed by atoms with Crippen LogP contribution in [0, 0.1) is 5.92 Å². The summed E-state index contributed by atoms with van der Waals surface area (Å²) >= 11 is 0. The van der Waals surface area contributed by atoms with Crippen LogP contribution in [0.4, 0.5) is 0 Å². The number of hydrogen-bond acceptors (Lipinski definition) is 2. The van der Waals surface area contributed by atoms with Gasteiger partial charge in [0.2, 0.25) is 0 Å². The van der Waals surface area contributed by atoms with E-state index in [1.807, 2.05) is 12.3 Å². The average Bonchev–Trinajstić information content (AvgIpc) is 2.28. The minimum Gasteiger partial charge on any atom is -0.501 e. The second-order valence-electron chi connectivity index (χ2n) is 5.67. The zero-order chi connectivity index (χ0) is 13.1. The quantitative estimate of drug-likeness (QED) is 0.773. The zero-order valence-electron chi connectivity index (χ0n) is 11.8. The van der Waals surface area contributed by atoms with Crippen molar-refractivity contribution in [2.24, 2.45) is 5.92 Å². The van der Waals surface area contributed by atoms with Gasteiger partial charge in [-0.25, -0.2) is 0 Å². The molecule has 0 aliphatic carbocycles. The Bertz CT molecular complexity index is 435. The van der Waals surface area contributed by atoms with E-state index in [0.29, 0.717) is 17.8 Å². The maximum absolute atomic E-state index is 5.49. The van der Waals surface area contributed by atoms with Crippen LogP contribution < -0.4 is 0 Å². The van der Waals surface area contributed by atoms with E-state index in [4.69, 9.17) is 4.74 Å². The number of nitrogens with zero attached hydrogens (tertiary/aromatic N) is 1. The van der Waals surface area contributed by atoms with Crippen LogP contribution in [0.25, 0.3) is 6.08 Å². The van der Waals surface area contributed by atoms with Gasteiger partial charge in [-0.05, 0) is 47.4 Å². The lowest BCUT2D eigenvalue weighted by molar-refractivity contribution is 0.225. The Morgan fingerprint density at radius 2 is 2.06 bits per heavy atom. The molecule has 0 aromatic carbocycles. The largest absolute Gasteiger partial charge is 0.501 e. The average molecular weight is 245 g/mol. The highest BCUT2D eigenvalue weighted by Crippen LogP contribution is 2.36. The molecule has 0 spiro atoms. The first-order valence-corrected chi connectivity index (χ1v) is 6.88. The summed E-state index contributed by atoms with van der Waals surface area (Å²) in [5.74, 6) is 1.69. The topological polar surface area (TPSA) is 22.1 Å². The second kappa shape index (κ2) is 5.55. The fourth-order valence-corrected chi connectivity index (χ4v) is 2.73. The van der Waals surface area contributed by atoms with Crippen molar-refractivity contribution < 1.29 is 4.74 Å². The van der Waals surface area contributed by atoms with Gasteiger partial charge in [-0.3, -0.25) is 4.98 Å². The van der Waals surface area contributed by atoms with Crippen molar-refractivity contribution in [3.8, 4) is 0 Å². The first-order chi connectivity index (χ1) is 8.61. The Morgan fingerprint density at radius 3 is 2.72 bits per heavy atom. The SMILES string of the molecule is CC(C)c1ccnc2c1C(C(C)C)CCO/C=C\2.